The molecule has 15 heavy (non-hydrogen) atoms. The highest BCUT2D eigenvalue weighted by atomic mass is 16.5. The summed E-state index contributed by atoms with van der Waals surface area (Å²) in [6.45, 7) is 1.82. The van der Waals surface area contributed by atoms with E-state index >= 15 is 0 Å². The van der Waals surface area contributed by atoms with Gasteiger partial charge in [-0.05, 0) is 38.3 Å². The lowest BCUT2D eigenvalue weighted by Gasteiger charge is -2.19. The molecule has 86 valence electrons. The average molecular weight is 212 g/mol. The van der Waals surface area contributed by atoms with Gasteiger partial charge in [0.25, 0.3) is 0 Å². The summed E-state index contributed by atoms with van der Waals surface area (Å²) in [5, 5.41) is 3.32. The summed E-state index contributed by atoms with van der Waals surface area (Å²) >= 11 is 0. The normalized spacial score (nSPS) is 19.9. The van der Waals surface area contributed by atoms with E-state index in [0.717, 1.165) is 38.8 Å². The van der Waals surface area contributed by atoms with Crippen LogP contribution in [0.3, 0.4) is 0 Å². The molecule has 3 N–H and O–H groups in total. The molecule has 0 aromatic carbocycles. The summed E-state index contributed by atoms with van der Waals surface area (Å²) in [5.74, 6) is -0.212. The number of nitrogens with one attached hydrogen (secondary N) is 1. The second-order valence-corrected chi connectivity index (χ2v) is 3.83. The molecule has 0 saturated carbocycles. The third-order valence-electron chi connectivity index (χ3n) is 2.42. The van der Waals surface area contributed by atoms with Crippen LogP contribution in [-0.4, -0.2) is 25.1 Å². The van der Waals surface area contributed by atoms with Crippen LogP contribution in [0.1, 0.15) is 32.1 Å². The first-order valence-corrected chi connectivity index (χ1v) is 5.58. The third kappa shape index (κ3) is 6.12. The van der Waals surface area contributed by atoms with Gasteiger partial charge in [-0.1, -0.05) is 0 Å². The Morgan fingerprint density at radius 3 is 3.07 bits per heavy atom. The van der Waals surface area contributed by atoms with Gasteiger partial charge < -0.3 is 15.8 Å². The minimum atomic E-state index is -0.212. The Morgan fingerprint density at radius 1 is 1.53 bits per heavy atom. The molecule has 0 saturated heterocycles. The zero-order chi connectivity index (χ0) is 10.9. The molecule has 0 bridgehead atoms. The maximum absolute atomic E-state index is 10.5. The Labute approximate surface area is 90.9 Å². The molecule has 0 spiro atoms. The summed E-state index contributed by atoms with van der Waals surface area (Å²) < 4.78 is 5.41. The van der Waals surface area contributed by atoms with E-state index in [4.69, 9.17) is 10.5 Å². The summed E-state index contributed by atoms with van der Waals surface area (Å²) in [4.78, 5) is 10.5. The quantitative estimate of drug-likeness (QED) is 0.617. The highest BCUT2D eigenvalue weighted by Gasteiger charge is 2.09. The number of carbonyl (C=O) groups is 1. The number of amides is 1. The van der Waals surface area contributed by atoms with Crippen LogP contribution in [0.5, 0.6) is 0 Å². The minimum absolute atomic E-state index is 0.212. The summed E-state index contributed by atoms with van der Waals surface area (Å²) in [7, 11) is 0. The van der Waals surface area contributed by atoms with Crippen molar-refractivity contribution in [1.29, 1.82) is 0 Å². The van der Waals surface area contributed by atoms with Gasteiger partial charge in [0.2, 0.25) is 5.91 Å². The Hall–Kier alpha value is -1.03. The minimum Gasteiger partial charge on any atom is -0.497 e. The predicted octanol–water partition coefficient (Wildman–Crippen LogP) is 0.924. The van der Waals surface area contributed by atoms with Crippen LogP contribution in [0.2, 0.25) is 0 Å². The van der Waals surface area contributed by atoms with Crippen LogP contribution < -0.4 is 11.1 Å². The molecule has 1 aliphatic rings. The maximum Gasteiger partial charge on any atom is 0.217 e. The van der Waals surface area contributed by atoms with Crippen LogP contribution in [0.4, 0.5) is 0 Å². The molecular weight excluding hydrogens is 192 g/mol. The standard InChI is InChI=1S/C11H20N2O2/c12-11(14)6-1-3-7-13-9-10-5-2-4-8-15-10/h4,8,10,13H,1-3,5-7,9H2,(H2,12,14). The second-order valence-electron chi connectivity index (χ2n) is 3.83. The Kier molecular flexibility index (Phi) is 5.85. The first-order valence-electron chi connectivity index (χ1n) is 5.58. The molecule has 1 atom stereocenters. The number of hydrogen-bond acceptors (Lipinski definition) is 3. The van der Waals surface area contributed by atoms with Crippen molar-refractivity contribution in [2.24, 2.45) is 5.73 Å². The first-order chi connectivity index (χ1) is 7.29. The van der Waals surface area contributed by atoms with Crippen molar-refractivity contribution in [1.82, 2.24) is 5.32 Å². The molecule has 0 aliphatic carbocycles. The Balaban J connectivity index is 1.88. The van der Waals surface area contributed by atoms with Gasteiger partial charge in [-0.2, -0.15) is 0 Å². The van der Waals surface area contributed by atoms with Crippen molar-refractivity contribution in [3.8, 4) is 0 Å². The van der Waals surface area contributed by atoms with Crippen molar-refractivity contribution >= 4 is 5.91 Å². The average Bonchev–Trinajstić information content (AvgIpc) is 2.24. The lowest BCUT2D eigenvalue weighted by Crippen LogP contribution is -2.29. The van der Waals surface area contributed by atoms with Crippen molar-refractivity contribution in [3.05, 3.63) is 12.3 Å². The van der Waals surface area contributed by atoms with Crippen molar-refractivity contribution in [2.75, 3.05) is 13.1 Å². The maximum atomic E-state index is 10.5. The summed E-state index contributed by atoms with van der Waals surface area (Å²) in [6, 6.07) is 0. The number of hydrogen-bond donors (Lipinski definition) is 2. The van der Waals surface area contributed by atoms with E-state index in [1.165, 1.54) is 0 Å². The van der Waals surface area contributed by atoms with Crippen molar-refractivity contribution in [3.63, 3.8) is 0 Å². The lowest BCUT2D eigenvalue weighted by atomic mass is 10.1. The second kappa shape index (κ2) is 7.29. The fourth-order valence-corrected chi connectivity index (χ4v) is 1.55. The molecule has 1 heterocycles. The zero-order valence-corrected chi connectivity index (χ0v) is 9.08. The van der Waals surface area contributed by atoms with Gasteiger partial charge in [-0.15, -0.1) is 0 Å². The van der Waals surface area contributed by atoms with E-state index in [1.54, 1.807) is 6.26 Å². The molecule has 1 aliphatic heterocycles. The van der Waals surface area contributed by atoms with E-state index in [2.05, 4.69) is 5.32 Å². The highest BCUT2D eigenvalue weighted by Crippen LogP contribution is 2.08. The van der Waals surface area contributed by atoms with Crippen LogP contribution in [0.15, 0.2) is 12.3 Å². The topological polar surface area (TPSA) is 64.4 Å². The fourth-order valence-electron chi connectivity index (χ4n) is 1.55. The molecule has 1 unspecified atom stereocenters. The zero-order valence-electron chi connectivity index (χ0n) is 9.08. The number of nitrogens with two attached hydrogens (primary N) is 1. The number of unbranched alkanes of at least 4 members (excludes halogenated alkanes) is 1. The molecule has 4 nitrogen and oxygen atoms in total. The smallest absolute Gasteiger partial charge is 0.217 e. The van der Waals surface area contributed by atoms with Crippen LogP contribution >= 0.6 is 0 Å². The van der Waals surface area contributed by atoms with Gasteiger partial charge >= 0.3 is 0 Å². The van der Waals surface area contributed by atoms with Gasteiger partial charge in [-0.3, -0.25) is 4.79 Å². The molecule has 1 rings (SSSR count). The van der Waals surface area contributed by atoms with Gasteiger partial charge in [0.15, 0.2) is 0 Å². The van der Waals surface area contributed by atoms with Gasteiger partial charge in [0.05, 0.1) is 6.26 Å². The molecule has 0 aromatic heterocycles. The molecule has 0 aromatic rings. The summed E-state index contributed by atoms with van der Waals surface area (Å²) in [5.41, 5.74) is 5.04. The van der Waals surface area contributed by atoms with Crippen molar-refractivity contribution in [2.45, 2.75) is 38.2 Å². The predicted molar refractivity (Wildman–Crippen MR) is 59.2 cm³/mol. The highest BCUT2D eigenvalue weighted by molar-refractivity contribution is 5.73. The van der Waals surface area contributed by atoms with Gasteiger partial charge in [-0.25, -0.2) is 0 Å². The fraction of sp³-hybridized carbons (Fsp3) is 0.727. The summed E-state index contributed by atoms with van der Waals surface area (Å²) in [6.07, 6.45) is 8.68. The largest absolute Gasteiger partial charge is 0.497 e. The number of primary amides is 1. The Morgan fingerprint density at radius 2 is 2.40 bits per heavy atom. The van der Waals surface area contributed by atoms with Crippen molar-refractivity contribution < 1.29 is 9.53 Å². The van der Waals surface area contributed by atoms with E-state index in [1.807, 2.05) is 6.08 Å². The van der Waals surface area contributed by atoms with Crippen LogP contribution in [0.25, 0.3) is 0 Å². The van der Waals surface area contributed by atoms with Crippen LogP contribution in [0, 0.1) is 0 Å². The number of allylic oxidation sites excluding steroid dienone is 1. The SMILES string of the molecule is NC(=O)CCCCNCC1CCC=CO1. The first kappa shape index (κ1) is 12.0. The van der Waals surface area contributed by atoms with Gasteiger partial charge in [0, 0.05) is 13.0 Å². The van der Waals surface area contributed by atoms with E-state index in [-0.39, 0.29) is 5.91 Å². The molecular formula is C11H20N2O2. The molecule has 4 heteroatoms. The molecule has 1 amide bonds. The van der Waals surface area contributed by atoms with E-state index in [0.29, 0.717) is 12.5 Å². The molecule has 0 fully saturated rings. The Bertz CT molecular complexity index is 217. The number of rotatable bonds is 7. The van der Waals surface area contributed by atoms with Gasteiger partial charge in [0.1, 0.15) is 6.10 Å². The monoisotopic (exact) mass is 212 g/mol. The van der Waals surface area contributed by atoms with E-state index in [9.17, 15) is 4.79 Å². The third-order valence-corrected chi connectivity index (χ3v) is 2.42. The van der Waals surface area contributed by atoms with Crippen LogP contribution in [-0.2, 0) is 9.53 Å². The number of carbonyl (C=O) groups excluding carboxylic acids is 1. The lowest BCUT2D eigenvalue weighted by molar-refractivity contribution is -0.118. The molecule has 0 radical (unpaired) electrons. The van der Waals surface area contributed by atoms with E-state index < -0.39 is 0 Å². The number of ether oxygens (including phenoxy) is 1.